The molecule has 128 valence electrons. The summed E-state index contributed by atoms with van der Waals surface area (Å²) in [6.45, 7) is 3.21. The van der Waals surface area contributed by atoms with Crippen LogP contribution in [-0.4, -0.2) is 27.4 Å². The Morgan fingerprint density at radius 2 is 2.00 bits per heavy atom. The molecule has 7 nitrogen and oxygen atoms in total. The summed E-state index contributed by atoms with van der Waals surface area (Å²) in [5, 5.41) is 11.9. The highest BCUT2D eigenvalue weighted by Crippen LogP contribution is 2.17. The van der Waals surface area contributed by atoms with Crippen molar-refractivity contribution in [2.45, 2.75) is 25.4 Å². The van der Waals surface area contributed by atoms with Gasteiger partial charge in [-0.25, -0.2) is 4.98 Å². The van der Waals surface area contributed by atoms with Crippen molar-refractivity contribution in [3.05, 3.63) is 51.4 Å². The fourth-order valence-electron chi connectivity index (χ4n) is 2.10. The van der Waals surface area contributed by atoms with Gasteiger partial charge in [-0.15, -0.1) is 0 Å². The van der Waals surface area contributed by atoms with Crippen molar-refractivity contribution in [3.63, 3.8) is 0 Å². The van der Waals surface area contributed by atoms with E-state index in [1.807, 2.05) is 6.07 Å². The normalized spacial score (nSPS) is 10.1. The first-order valence-corrected chi connectivity index (χ1v) is 8.50. The lowest BCUT2D eigenvalue weighted by Gasteiger charge is -2.05. The van der Waals surface area contributed by atoms with Gasteiger partial charge in [0.25, 0.3) is 5.56 Å². The highest BCUT2D eigenvalue weighted by molar-refractivity contribution is 7.99. The van der Waals surface area contributed by atoms with Gasteiger partial charge in [-0.3, -0.25) is 14.4 Å². The number of nitriles is 1. The highest BCUT2D eigenvalue weighted by atomic mass is 32.2. The summed E-state index contributed by atoms with van der Waals surface area (Å²) < 4.78 is 0. The van der Waals surface area contributed by atoms with Crippen molar-refractivity contribution < 1.29 is 9.59 Å². The van der Waals surface area contributed by atoms with E-state index in [1.165, 1.54) is 6.92 Å². The lowest BCUT2D eigenvalue weighted by Crippen LogP contribution is -2.16. The minimum atomic E-state index is -0.496. The first-order chi connectivity index (χ1) is 11.9. The van der Waals surface area contributed by atoms with E-state index >= 15 is 0 Å². The Bertz CT molecular complexity index is 898. The number of hydrogen-bond donors (Lipinski definition) is 2. The molecule has 0 spiro atoms. The molecule has 0 aliphatic carbocycles. The number of nitrogens with one attached hydrogen (secondary N) is 2. The van der Waals surface area contributed by atoms with Crippen LogP contribution < -0.4 is 10.9 Å². The number of nitrogens with zero attached hydrogens (tertiary/aromatic N) is 2. The monoisotopic (exact) mass is 356 g/mol. The number of hydrogen-bond acceptors (Lipinski definition) is 6. The van der Waals surface area contributed by atoms with Crippen molar-refractivity contribution in [2.24, 2.45) is 0 Å². The molecular weight excluding hydrogens is 340 g/mol. The first-order valence-electron chi connectivity index (χ1n) is 7.51. The van der Waals surface area contributed by atoms with E-state index in [0.717, 1.165) is 11.8 Å². The second-order valence-electron chi connectivity index (χ2n) is 5.13. The number of aromatic nitrogens is 2. The third kappa shape index (κ3) is 4.78. The van der Waals surface area contributed by atoms with E-state index < -0.39 is 5.56 Å². The number of rotatable bonds is 6. The number of ketones is 1. The Kier molecular flexibility index (Phi) is 6.08. The first kappa shape index (κ1) is 18.4. The van der Waals surface area contributed by atoms with Gasteiger partial charge >= 0.3 is 0 Å². The smallest absolute Gasteiger partial charge is 0.269 e. The number of Topliss-reactive ketones (excluding diaryl/α,β-unsaturated/α-hetero) is 1. The quantitative estimate of drug-likeness (QED) is 0.465. The topological polar surface area (TPSA) is 116 Å². The Morgan fingerprint density at radius 1 is 1.32 bits per heavy atom. The van der Waals surface area contributed by atoms with Crippen LogP contribution in [0.15, 0.2) is 34.2 Å². The fourth-order valence-corrected chi connectivity index (χ4v) is 2.87. The molecule has 0 saturated heterocycles. The molecule has 0 saturated carbocycles. The summed E-state index contributed by atoms with van der Waals surface area (Å²) >= 11 is 1.11. The van der Waals surface area contributed by atoms with E-state index in [1.54, 1.807) is 31.2 Å². The predicted octanol–water partition coefficient (Wildman–Crippen LogP) is 2.14. The second-order valence-corrected chi connectivity index (χ2v) is 6.09. The van der Waals surface area contributed by atoms with Crippen molar-refractivity contribution in [2.75, 3.05) is 11.1 Å². The molecule has 1 amide bonds. The van der Waals surface area contributed by atoms with E-state index in [-0.39, 0.29) is 23.0 Å². The molecule has 1 aromatic carbocycles. The SMILES string of the molecule is CCc1nc(SCC(=O)c2ccc(NC(C)=O)cc2)[nH]c(=O)c1C#N. The zero-order valence-electron chi connectivity index (χ0n) is 13.8. The van der Waals surface area contributed by atoms with E-state index in [4.69, 9.17) is 5.26 Å². The maximum Gasteiger partial charge on any atom is 0.269 e. The molecule has 0 atom stereocenters. The van der Waals surface area contributed by atoms with Gasteiger partial charge in [-0.2, -0.15) is 5.26 Å². The molecule has 0 fully saturated rings. The third-order valence-electron chi connectivity index (χ3n) is 3.29. The van der Waals surface area contributed by atoms with Gasteiger partial charge in [0.1, 0.15) is 11.6 Å². The molecule has 0 radical (unpaired) electrons. The summed E-state index contributed by atoms with van der Waals surface area (Å²) in [5.74, 6) is -0.223. The molecular formula is C17H16N4O3S. The van der Waals surface area contributed by atoms with Gasteiger partial charge in [0.15, 0.2) is 10.9 Å². The highest BCUT2D eigenvalue weighted by Gasteiger charge is 2.12. The lowest BCUT2D eigenvalue weighted by atomic mass is 10.1. The predicted molar refractivity (Wildman–Crippen MR) is 94.8 cm³/mol. The maximum atomic E-state index is 12.2. The molecule has 25 heavy (non-hydrogen) atoms. The average molecular weight is 356 g/mol. The number of amides is 1. The van der Waals surface area contributed by atoms with Gasteiger partial charge in [0, 0.05) is 18.2 Å². The van der Waals surface area contributed by atoms with Crippen molar-refractivity contribution >= 4 is 29.1 Å². The number of benzene rings is 1. The van der Waals surface area contributed by atoms with Crippen molar-refractivity contribution in [1.29, 1.82) is 5.26 Å². The molecule has 2 aromatic rings. The van der Waals surface area contributed by atoms with Crippen LogP contribution in [0.3, 0.4) is 0 Å². The van der Waals surface area contributed by atoms with Gasteiger partial charge in [-0.05, 0) is 30.7 Å². The Hall–Kier alpha value is -2.92. The van der Waals surface area contributed by atoms with Gasteiger partial charge in [-0.1, -0.05) is 18.7 Å². The van der Waals surface area contributed by atoms with Crippen LogP contribution in [0.4, 0.5) is 5.69 Å². The summed E-state index contributed by atoms with van der Waals surface area (Å²) in [6.07, 6.45) is 0.457. The minimum Gasteiger partial charge on any atom is -0.326 e. The Labute approximate surface area is 148 Å². The van der Waals surface area contributed by atoms with Gasteiger partial charge in [0.05, 0.1) is 11.4 Å². The van der Waals surface area contributed by atoms with Crippen molar-refractivity contribution in [3.8, 4) is 6.07 Å². The summed E-state index contributed by atoms with van der Waals surface area (Å²) in [7, 11) is 0. The number of carbonyl (C=O) groups is 2. The van der Waals surface area contributed by atoms with Crippen LogP contribution in [-0.2, 0) is 11.2 Å². The number of thioether (sulfide) groups is 1. The van der Waals surface area contributed by atoms with Crippen LogP contribution in [0.2, 0.25) is 0 Å². The largest absolute Gasteiger partial charge is 0.326 e. The molecule has 0 unspecified atom stereocenters. The molecule has 1 aromatic heterocycles. The van der Waals surface area contributed by atoms with Gasteiger partial charge < -0.3 is 10.3 Å². The third-order valence-corrected chi connectivity index (χ3v) is 4.16. The molecule has 0 aliphatic rings. The summed E-state index contributed by atoms with van der Waals surface area (Å²) in [5.41, 5.74) is 1.03. The van der Waals surface area contributed by atoms with Crippen LogP contribution in [0, 0.1) is 11.3 Å². The molecule has 8 heteroatoms. The number of carbonyl (C=O) groups excluding carboxylic acids is 2. The second kappa shape index (κ2) is 8.26. The van der Waals surface area contributed by atoms with Gasteiger partial charge in [0.2, 0.25) is 5.91 Å². The number of aromatic amines is 1. The zero-order valence-corrected chi connectivity index (χ0v) is 14.6. The molecule has 2 N–H and O–H groups in total. The summed E-state index contributed by atoms with van der Waals surface area (Å²) in [4.78, 5) is 41.8. The van der Waals surface area contributed by atoms with E-state index in [9.17, 15) is 14.4 Å². The van der Waals surface area contributed by atoms with Crippen LogP contribution in [0.25, 0.3) is 0 Å². The summed E-state index contributed by atoms with van der Waals surface area (Å²) in [6, 6.07) is 8.39. The van der Waals surface area contributed by atoms with E-state index in [2.05, 4.69) is 15.3 Å². The molecule has 0 bridgehead atoms. The Balaban J connectivity index is 2.07. The number of aryl methyl sites for hydroxylation is 1. The zero-order chi connectivity index (χ0) is 18.4. The fraction of sp³-hybridized carbons (Fsp3) is 0.235. The average Bonchev–Trinajstić information content (AvgIpc) is 2.59. The van der Waals surface area contributed by atoms with Crippen LogP contribution >= 0.6 is 11.8 Å². The van der Waals surface area contributed by atoms with Crippen LogP contribution in [0.1, 0.15) is 35.5 Å². The standard InChI is InChI=1S/C17H16N4O3S/c1-3-14-13(8-18)16(24)21-17(20-14)25-9-15(23)11-4-6-12(7-5-11)19-10(2)22/h4-7H,3,9H2,1-2H3,(H,19,22)(H,20,21,24). The lowest BCUT2D eigenvalue weighted by molar-refractivity contribution is -0.114. The Morgan fingerprint density at radius 3 is 2.56 bits per heavy atom. The number of H-pyrrole nitrogens is 1. The minimum absolute atomic E-state index is 0.00624. The number of anilines is 1. The van der Waals surface area contributed by atoms with Crippen LogP contribution in [0.5, 0.6) is 0 Å². The van der Waals surface area contributed by atoms with E-state index in [0.29, 0.717) is 28.5 Å². The van der Waals surface area contributed by atoms with Crippen molar-refractivity contribution in [1.82, 2.24) is 9.97 Å². The molecule has 2 rings (SSSR count). The maximum absolute atomic E-state index is 12.2. The molecule has 1 heterocycles. The molecule has 0 aliphatic heterocycles.